The lowest BCUT2D eigenvalue weighted by molar-refractivity contribution is 0.408. The predicted octanol–water partition coefficient (Wildman–Crippen LogP) is 5.21. The molecule has 0 spiro atoms. The molecular weight excluding hydrogens is 251 g/mol. The molecule has 0 aliphatic heterocycles. The average Bonchev–Trinajstić information content (AvgIpc) is 2.94. The van der Waals surface area contributed by atoms with Crippen LogP contribution in [0.5, 0.6) is 0 Å². The van der Waals surface area contributed by atoms with E-state index in [-0.39, 0.29) is 0 Å². The molecule has 1 aromatic rings. The summed E-state index contributed by atoms with van der Waals surface area (Å²) in [6, 6.07) is 10.3. The van der Waals surface area contributed by atoms with Gasteiger partial charge in [0, 0.05) is 5.57 Å². The monoisotopic (exact) mass is 266 g/mol. The van der Waals surface area contributed by atoms with E-state index in [1.54, 1.807) is 0 Å². The lowest BCUT2D eigenvalue weighted by atomic mass is 9.87. The van der Waals surface area contributed by atoms with E-state index in [4.69, 9.17) is 23.2 Å². The molecule has 2 aliphatic rings. The first kappa shape index (κ1) is 11.6. The third kappa shape index (κ3) is 2.02. The van der Waals surface area contributed by atoms with Gasteiger partial charge in [-0.2, -0.15) is 0 Å². The third-order valence-corrected chi connectivity index (χ3v) is 4.72. The van der Waals surface area contributed by atoms with E-state index in [2.05, 4.69) is 12.1 Å². The van der Waals surface area contributed by atoms with Crippen LogP contribution in [0.15, 0.2) is 35.9 Å². The Balaban J connectivity index is 1.90. The molecule has 1 aromatic carbocycles. The van der Waals surface area contributed by atoms with Crippen LogP contribution in [0, 0.1) is 5.92 Å². The Morgan fingerprint density at radius 2 is 1.59 bits per heavy atom. The summed E-state index contributed by atoms with van der Waals surface area (Å²) in [7, 11) is 0. The number of benzene rings is 1. The molecule has 0 unspecified atom stereocenters. The molecule has 2 aliphatic carbocycles. The van der Waals surface area contributed by atoms with Crippen LogP contribution in [0.4, 0.5) is 0 Å². The van der Waals surface area contributed by atoms with Gasteiger partial charge >= 0.3 is 0 Å². The summed E-state index contributed by atoms with van der Waals surface area (Å²) in [4.78, 5) is 0. The van der Waals surface area contributed by atoms with Gasteiger partial charge in [0.2, 0.25) is 0 Å². The molecule has 1 fully saturated rings. The van der Waals surface area contributed by atoms with E-state index in [0.29, 0.717) is 5.92 Å². The summed E-state index contributed by atoms with van der Waals surface area (Å²) in [6.07, 6.45) is 6.52. The minimum absolute atomic E-state index is 0.619. The molecule has 90 valence electrons. The fourth-order valence-corrected chi connectivity index (χ4v) is 3.87. The molecule has 17 heavy (non-hydrogen) atoms. The molecule has 1 saturated carbocycles. The number of alkyl halides is 2. The fourth-order valence-electron chi connectivity index (χ4n) is 3.05. The van der Waals surface area contributed by atoms with Gasteiger partial charge in [-0.3, -0.25) is 0 Å². The summed E-state index contributed by atoms with van der Waals surface area (Å²) in [6.45, 7) is 0. The Morgan fingerprint density at radius 3 is 2.24 bits per heavy atom. The second kappa shape index (κ2) is 4.33. The van der Waals surface area contributed by atoms with E-state index >= 15 is 0 Å². The van der Waals surface area contributed by atoms with E-state index in [1.807, 2.05) is 18.2 Å². The van der Waals surface area contributed by atoms with Crippen molar-refractivity contribution in [1.29, 1.82) is 0 Å². The average molecular weight is 267 g/mol. The predicted molar refractivity (Wildman–Crippen MR) is 74.4 cm³/mol. The van der Waals surface area contributed by atoms with Crippen LogP contribution in [0.25, 0.3) is 5.57 Å². The molecule has 0 aromatic heterocycles. The molecule has 0 N–H and O–H groups in total. The third-order valence-electron chi connectivity index (χ3n) is 3.93. The zero-order valence-electron chi connectivity index (χ0n) is 9.76. The van der Waals surface area contributed by atoms with Crippen molar-refractivity contribution in [3.05, 3.63) is 41.5 Å². The SMILES string of the molecule is ClC1(Cl)C(c2ccccc2)=C1C1CCCCC1. The van der Waals surface area contributed by atoms with Crippen LogP contribution in [0.1, 0.15) is 37.7 Å². The molecule has 0 nitrogen and oxygen atoms in total. The Kier molecular flexibility index (Phi) is 2.96. The van der Waals surface area contributed by atoms with Gasteiger partial charge in [-0.05, 0) is 29.9 Å². The molecule has 2 heteroatoms. The van der Waals surface area contributed by atoms with Crippen LogP contribution in [-0.2, 0) is 0 Å². The lowest BCUT2D eigenvalue weighted by Gasteiger charge is -2.20. The van der Waals surface area contributed by atoms with Gasteiger partial charge in [-0.25, -0.2) is 0 Å². The highest BCUT2D eigenvalue weighted by Gasteiger charge is 2.53. The minimum Gasteiger partial charge on any atom is -0.0912 e. The number of allylic oxidation sites excluding steroid dienone is 2. The first-order valence-corrected chi connectivity index (χ1v) is 7.15. The van der Waals surface area contributed by atoms with Gasteiger partial charge in [-0.1, -0.05) is 72.8 Å². The summed E-state index contributed by atoms with van der Waals surface area (Å²) in [5.74, 6) is 0.619. The van der Waals surface area contributed by atoms with Crippen molar-refractivity contribution in [3.63, 3.8) is 0 Å². The van der Waals surface area contributed by atoms with Crippen molar-refractivity contribution >= 4 is 28.8 Å². The van der Waals surface area contributed by atoms with Crippen molar-refractivity contribution < 1.29 is 0 Å². The zero-order chi connectivity index (χ0) is 11.9. The Labute approximate surface area is 113 Å². The molecule has 0 atom stereocenters. The largest absolute Gasteiger partial charge is 0.165 e. The highest BCUT2D eigenvalue weighted by molar-refractivity contribution is 6.61. The molecule has 0 bridgehead atoms. The standard InChI is InChI=1S/C15H16Cl2/c16-15(17)13(11-7-3-1-4-8-11)14(15)12-9-5-2-6-10-12/h1,3-4,7-8,12H,2,5-6,9-10H2. The number of halogens is 2. The highest BCUT2D eigenvalue weighted by atomic mass is 35.5. The molecular formula is C15H16Cl2. The highest BCUT2D eigenvalue weighted by Crippen LogP contribution is 2.63. The maximum absolute atomic E-state index is 6.43. The van der Waals surface area contributed by atoms with Crippen molar-refractivity contribution in [2.75, 3.05) is 0 Å². The molecule has 3 rings (SSSR count). The van der Waals surface area contributed by atoms with Crippen LogP contribution < -0.4 is 0 Å². The summed E-state index contributed by atoms with van der Waals surface area (Å²) in [5.41, 5.74) is 3.66. The van der Waals surface area contributed by atoms with Crippen LogP contribution in [0.3, 0.4) is 0 Å². The van der Waals surface area contributed by atoms with Crippen LogP contribution in [-0.4, -0.2) is 4.33 Å². The summed E-state index contributed by atoms with van der Waals surface area (Å²) < 4.78 is -0.677. The molecule has 0 saturated heterocycles. The lowest BCUT2D eigenvalue weighted by Crippen LogP contribution is -2.09. The minimum atomic E-state index is -0.677. The Hall–Kier alpha value is -0.460. The van der Waals surface area contributed by atoms with E-state index < -0.39 is 4.33 Å². The molecule has 0 heterocycles. The Morgan fingerprint density at radius 1 is 0.941 bits per heavy atom. The second-order valence-electron chi connectivity index (χ2n) is 5.06. The van der Waals surface area contributed by atoms with Crippen LogP contribution in [0.2, 0.25) is 0 Å². The first-order valence-electron chi connectivity index (χ1n) is 6.39. The maximum atomic E-state index is 6.43. The van der Waals surface area contributed by atoms with Gasteiger partial charge in [0.15, 0.2) is 4.33 Å². The number of rotatable bonds is 2. The number of hydrogen-bond donors (Lipinski definition) is 0. The quantitative estimate of drug-likeness (QED) is 0.645. The normalized spacial score (nSPS) is 23.9. The Bertz CT molecular complexity index is 439. The van der Waals surface area contributed by atoms with E-state index in [1.165, 1.54) is 48.8 Å². The van der Waals surface area contributed by atoms with Gasteiger partial charge in [-0.15, -0.1) is 0 Å². The van der Waals surface area contributed by atoms with Crippen molar-refractivity contribution in [3.8, 4) is 0 Å². The molecule has 0 radical (unpaired) electrons. The first-order chi connectivity index (χ1) is 8.21. The summed E-state index contributed by atoms with van der Waals surface area (Å²) in [5, 5.41) is 0. The van der Waals surface area contributed by atoms with Gasteiger partial charge < -0.3 is 0 Å². The van der Waals surface area contributed by atoms with Gasteiger partial charge in [0.1, 0.15) is 0 Å². The van der Waals surface area contributed by atoms with Crippen molar-refractivity contribution in [2.24, 2.45) is 5.92 Å². The van der Waals surface area contributed by atoms with Crippen molar-refractivity contribution in [2.45, 2.75) is 36.4 Å². The smallest absolute Gasteiger partial charge is 0.0912 e. The van der Waals surface area contributed by atoms with Crippen LogP contribution >= 0.6 is 23.2 Å². The fraction of sp³-hybridized carbons (Fsp3) is 0.467. The van der Waals surface area contributed by atoms with E-state index in [0.717, 1.165) is 0 Å². The zero-order valence-corrected chi connectivity index (χ0v) is 11.3. The summed E-state index contributed by atoms with van der Waals surface area (Å²) >= 11 is 12.9. The van der Waals surface area contributed by atoms with Gasteiger partial charge in [0.05, 0.1) is 0 Å². The van der Waals surface area contributed by atoms with E-state index in [9.17, 15) is 0 Å². The van der Waals surface area contributed by atoms with Crippen molar-refractivity contribution in [1.82, 2.24) is 0 Å². The molecule has 0 amide bonds. The second-order valence-corrected chi connectivity index (χ2v) is 6.39. The topological polar surface area (TPSA) is 0 Å². The number of hydrogen-bond acceptors (Lipinski definition) is 0. The maximum Gasteiger partial charge on any atom is 0.165 e. The van der Waals surface area contributed by atoms with Gasteiger partial charge in [0.25, 0.3) is 0 Å².